The van der Waals surface area contributed by atoms with E-state index in [1.807, 2.05) is 63.2 Å². The fraction of sp³-hybridized carbons (Fsp3) is 0.519. The topological polar surface area (TPSA) is 72.5 Å². The maximum atomic E-state index is 12.4. The summed E-state index contributed by atoms with van der Waals surface area (Å²) in [7, 11) is 0. The number of aromatic nitrogens is 1. The van der Waals surface area contributed by atoms with E-state index in [0.29, 0.717) is 23.3 Å². The summed E-state index contributed by atoms with van der Waals surface area (Å²) >= 11 is 5.69. The number of rotatable bonds is 9. The first-order chi connectivity index (χ1) is 16.3. The standard InChI is InChI=1S/C27H37N3O3S/c1-27(2,3)33-26(31)30-23(16-14-20-10-6-4-7-11-20)25(34)29-19-21-15-17-24(28-18-21)32-22-12-8-5-9-13-22/h5,8-9,12-13,15,17-18,20,23H,4,6-7,10-11,14,16,19H2,1-3H3,(H,29,34)(H,30,31)/t23-/m1/s1. The molecule has 34 heavy (non-hydrogen) atoms. The average molecular weight is 484 g/mol. The average Bonchev–Trinajstić information content (AvgIpc) is 2.81. The predicted octanol–water partition coefficient (Wildman–Crippen LogP) is 6.54. The zero-order chi connectivity index (χ0) is 24.4. The highest BCUT2D eigenvalue weighted by Gasteiger charge is 2.24. The Morgan fingerprint density at radius 3 is 2.50 bits per heavy atom. The molecular formula is C27H37N3O3S. The summed E-state index contributed by atoms with van der Waals surface area (Å²) < 4.78 is 11.2. The van der Waals surface area contributed by atoms with Crippen LogP contribution < -0.4 is 15.4 Å². The van der Waals surface area contributed by atoms with Crippen LogP contribution in [0.2, 0.25) is 0 Å². The molecule has 1 fully saturated rings. The van der Waals surface area contributed by atoms with Crippen molar-refractivity contribution in [2.45, 2.75) is 83.9 Å². The van der Waals surface area contributed by atoms with Crippen molar-refractivity contribution in [3.8, 4) is 11.6 Å². The Balaban J connectivity index is 1.54. The molecule has 1 aromatic carbocycles. The molecule has 7 heteroatoms. The van der Waals surface area contributed by atoms with Crippen molar-refractivity contribution >= 4 is 23.3 Å². The molecule has 6 nitrogen and oxygen atoms in total. The fourth-order valence-electron chi connectivity index (χ4n) is 4.09. The van der Waals surface area contributed by atoms with Crippen LogP contribution in [-0.4, -0.2) is 27.7 Å². The molecule has 1 aromatic heterocycles. The third-order valence-corrected chi connectivity index (χ3v) is 6.25. The van der Waals surface area contributed by atoms with Crippen molar-refractivity contribution in [1.29, 1.82) is 0 Å². The monoisotopic (exact) mass is 483 g/mol. The molecule has 1 heterocycles. The number of carbonyl (C=O) groups is 1. The molecule has 0 aliphatic heterocycles. The first kappa shape index (κ1) is 25.9. The molecule has 0 bridgehead atoms. The molecule has 2 aromatic rings. The zero-order valence-corrected chi connectivity index (χ0v) is 21.3. The van der Waals surface area contributed by atoms with E-state index in [4.69, 9.17) is 21.7 Å². The van der Waals surface area contributed by atoms with Crippen LogP contribution in [0.3, 0.4) is 0 Å². The lowest BCUT2D eigenvalue weighted by Gasteiger charge is -2.27. The highest BCUT2D eigenvalue weighted by molar-refractivity contribution is 7.80. The lowest BCUT2D eigenvalue weighted by atomic mass is 9.85. The van der Waals surface area contributed by atoms with Crippen molar-refractivity contribution in [2.75, 3.05) is 0 Å². The highest BCUT2D eigenvalue weighted by Crippen LogP contribution is 2.28. The molecule has 1 aliphatic carbocycles. The van der Waals surface area contributed by atoms with Crippen molar-refractivity contribution in [1.82, 2.24) is 15.6 Å². The maximum absolute atomic E-state index is 12.4. The lowest BCUT2D eigenvalue weighted by Crippen LogP contribution is -2.47. The van der Waals surface area contributed by atoms with Gasteiger partial charge in [0.15, 0.2) is 0 Å². The Hall–Kier alpha value is -2.67. The molecule has 184 valence electrons. The molecule has 1 atom stereocenters. The number of nitrogens with zero attached hydrogens (tertiary/aromatic N) is 1. The second-order valence-corrected chi connectivity index (χ2v) is 10.4. The molecule has 1 amide bonds. The number of carbonyl (C=O) groups excluding carboxylic acids is 1. The van der Waals surface area contributed by atoms with Gasteiger partial charge in [-0.2, -0.15) is 0 Å². The third-order valence-electron chi connectivity index (χ3n) is 5.83. The molecular weight excluding hydrogens is 446 g/mol. The van der Waals surface area contributed by atoms with Gasteiger partial charge < -0.3 is 20.1 Å². The number of thiocarbonyl (C=S) groups is 1. The van der Waals surface area contributed by atoms with Crippen molar-refractivity contribution in [3.63, 3.8) is 0 Å². The molecule has 1 aliphatic rings. The van der Waals surface area contributed by atoms with Gasteiger partial charge in [-0.15, -0.1) is 0 Å². The van der Waals surface area contributed by atoms with Gasteiger partial charge in [0, 0.05) is 18.8 Å². The van der Waals surface area contributed by atoms with Gasteiger partial charge >= 0.3 is 6.09 Å². The predicted molar refractivity (Wildman–Crippen MR) is 139 cm³/mol. The third kappa shape index (κ3) is 9.29. The molecule has 2 N–H and O–H groups in total. The number of ether oxygens (including phenoxy) is 2. The van der Waals surface area contributed by atoms with E-state index >= 15 is 0 Å². The van der Waals surface area contributed by atoms with Crippen LogP contribution in [0.5, 0.6) is 11.6 Å². The second-order valence-electron chi connectivity index (χ2n) is 9.92. The Labute approximate surface area is 208 Å². The van der Waals surface area contributed by atoms with Gasteiger partial charge in [0.1, 0.15) is 11.4 Å². The minimum absolute atomic E-state index is 0.263. The van der Waals surface area contributed by atoms with Crippen molar-refractivity contribution < 1.29 is 14.3 Å². The van der Waals surface area contributed by atoms with Crippen LogP contribution in [0, 0.1) is 5.92 Å². The van der Waals surface area contributed by atoms with E-state index in [2.05, 4.69) is 15.6 Å². The summed E-state index contributed by atoms with van der Waals surface area (Å²) in [6.07, 6.45) is 9.65. The molecule has 0 unspecified atom stereocenters. The minimum Gasteiger partial charge on any atom is -0.444 e. The van der Waals surface area contributed by atoms with Crippen LogP contribution in [0.1, 0.15) is 71.3 Å². The number of nitrogens with one attached hydrogen (secondary N) is 2. The smallest absolute Gasteiger partial charge is 0.408 e. The van der Waals surface area contributed by atoms with Gasteiger partial charge in [-0.3, -0.25) is 0 Å². The molecule has 0 spiro atoms. The number of hydrogen-bond donors (Lipinski definition) is 2. The van der Waals surface area contributed by atoms with E-state index in [1.54, 1.807) is 6.20 Å². The summed E-state index contributed by atoms with van der Waals surface area (Å²) in [6.45, 7) is 6.10. The number of benzene rings is 1. The Bertz CT molecular complexity index is 907. The second kappa shape index (κ2) is 12.7. The van der Waals surface area contributed by atoms with Crippen molar-refractivity contribution in [3.05, 3.63) is 54.2 Å². The van der Waals surface area contributed by atoms with E-state index in [1.165, 1.54) is 32.1 Å². The fourth-order valence-corrected chi connectivity index (χ4v) is 4.34. The summed E-state index contributed by atoms with van der Waals surface area (Å²) in [4.78, 5) is 17.4. The highest BCUT2D eigenvalue weighted by atomic mass is 32.1. The Morgan fingerprint density at radius 2 is 1.85 bits per heavy atom. The van der Waals surface area contributed by atoms with Crippen LogP contribution >= 0.6 is 12.2 Å². The lowest BCUT2D eigenvalue weighted by molar-refractivity contribution is 0.0514. The largest absolute Gasteiger partial charge is 0.444 e. The van der Waals surface area contributed by atoms with Crippen LogP contribution in [0.15, 0.2) is 48.7 Å². The summed E-state index contributed by atoms with van der Waals surface area (Å²) in [5, 5.41) is 6.29. The van der Waals surface area contributed by atoms with Crippen LogP contribution in [0.4, 0.5) is 4.79 Å². The number of pyridine rings is 1. The summed E-state index contributed by atoms with van der Waals surface area (Å²) in [5.41, 5.74) is 0.425. The molecule has 0 radical (unpaired) electrons. The molecule has 3 rings (SSSR count). The maximum Gasteiger partial charge on any atom is 0.408 e. The zero-order valence-electron chi connectivity index (χ0n) is 20.5. The number of hydrogen-bond acceptors (Lipinski definition) is 5. The van der Waals surface area contributed by atoms with E-state index in [-0.39, 0.29) is 6.04 Å². The number of amides is 1. The van der Waals surface area contributed by atoms with Crippen LogP contribution in [-0.2, 0) is 11.3 Å². The number of alkyl carbamates (subject to hydrolysis) is 1. The van der Waals surface area contributed by atoms with Crippen molar-refractivity contribution in [2.24, 2.45) is 5.92 Å². The van der Waals surface area contributed by atoms with Crippen LogP contribution in [0.25, 0.3) is 0 Å². The van der Waals surface area contributed by atoms with Gasteiger partial charge in [-0.1, -0.05) is 68.6 Å². The van der Waals surface area contributed by atoms with Gasteiger partial charge in [0.05, 0.1) is 11.0 Å². The quantitative estimate of drug-likeness (QED) is 0.394. The first-order valence-corrected chi connectivity index (χ1v) is 12.6. The number of para-hydroxylation sites is 1. The Morgan fingerprint density at radius 1 is 1.12 bits per heavy atom. The SMILES string of the molecule is CC(C)(C)OC(=O)N[C@H](CCC1CCCCC1)C(=S)NCc1ccc(Oc2ccccc2)nc1. The van der Waals surface area contributed by atoms with E-state index in [9.17, 15) is 4.79 Å². The summed E-state index contributed by atoms with van der Waals surface area (Å²) in [6, 6.07) is 13.1. The molecule has 1 saturated carbocycles. The van der Waals surface area contributed by atoms with Gasteiger partial charge in [-0.05, 0) is 57.2 Å². The summed E-state index contributed by atoms with van der Waals surface area (Å²) in [5.74, 6) is 1.99. The van der Waals surface area contributed by atoms with E-state index in [0.717, 1.165) is 24.2 Å². The molecule has 0 saturated heterocycles. The van der Waals surface area contributed by atoms with Gasteiger partial charge in [0.25, 0.3) is 0 Å². The minimum atomic E-state index is -0.553. The van der Waals surface area contributed by atoms with E-state index < -0.39 is 11.7 Å². The van der Waals surface area contributed by atoms with Gasteiger partial charge in [0.2, 0.25) is 5.88 Å². The first-order valence-electron chi connectivity index (χ1n) is 12.2. The normalized spacial score (nSPS) is 15.3. The van der Waals surface area contributed by atoms with Gasteiger partial charge in [-0.25, -0.2) is 9.78 Å². The Kier molecular flexibility index (Phi) is 9.69.